The van der Waals surface area contributed by atoms with Crippen molar-refractivity contribution >= 4 is 22.5 Å². The molecule has 28 heavy (non-hydrogen) atoms. The molecule has 142 valence electrons. The van der Waals surface area contributed by atoms with Gasteiger partial charge in [-0.25, -0.2) is 0 Å². The highest BCUT2D eigenvalue weighted by Crippen LogP contribution is 2.16. The van der Waals surface area contributed by atoms with Crippen LogP contribution in [0.5, 0.6) is 0 Å². The van der Waals surface area contributed by atoms with Crippen LogP contribution in [0.3, 0.4) is 0 Å². The molecule has 0 spiro atoms. The van der Waals surface area contributed by atoms with E-state index >= 15 is 0 Å². The van der Waals surface area contributed by atoms with Gasteiger partial charge in [0.05, 0.1) is 30.1 Å². The number of hydrogen-bond donors (Lipinski definition) is 1. The van der Waals surface area contributed by atoms with Gasteiger partial charge < -0.3 is 5.32 Å². The van der Waals surface area contributed by atoms with Crippen molar-refractivity contribution in [1.29, 1.82) is 0 Å². The van der Waals surface area contributed by atoms with Gasteiger partial charge in [-0.05, 0) is 30.5 Å². The van der Waals surface area contributed by atoms with Crippen molar-refractivity contribution in [2.45, 2.75) is 32.9 Å². The molecule has 0 aliphatic carbocycles. The molecule has 0 fully saturated rings. The van der Waals surface area contributed by atoms with E-state index in [-0.39, 0.29) is 5.91 Å². The Hall–Kier alpha value is -3.41. The quantitative estimate of drug-likeness (QED) is 0.536. The van der Waals surface area contributed by atoms with Crippen LogP contribution in [0.15, 0.2) is 67.1 Å². The molecule has 0 saturated heterocycles. The van der Waals surface area contributed by atoms with Crippen LogP contribution in [-0.4, -0.2) is 25.5 Å². The van der Waals surface area contributed by atoms with E-state index in [1.54, 1.807) is 6.20 Å². The van der Waals surface area contributed by atoms with Crippen LogP contribution in [-0.2, 0) is 24.3 Å². The average molecular weight is 373 g/mol. The van der Waals surface area contributed by atoms with Gasteiger partial charge in [0.1, 0.15) is 0 Å². The van der Waals surface area contributed by atoms with Crippen LogP contribution in [0.4, 0.5) is 5.69 Å². The van der Waals surface area contributed by atoms with Gasteiger partial charge in [0, 0.05) is 24.5 Å². The van der Waals surface area contributed by atoms with Gasteiger partial charge in [-0.3, -0.25) is 14.2 Å². The second kappa shape index (κ2) is 8.08. The van der Waals surface area contributed by atoms with Gasteiger partial charge in [0.15, 0.2) is 0 Å². The number of anilines is 1. The van der Waals surface area contributed by atoms with E-state index in [2.05, 4.69) is 52.8 Å². The Morgan fingerprint density at radius 3 is 2.75 bits per heavy atom. The average Bonchev–Trinajstić information content (AvgIpc) is 3.32. The van der Waals surface area contributed by atoms with E-state index in [1.807, 2.05) is 40.0 Å². The Morgan fingerprint density at radius 2 is 1.89 bits per heavy atom. The monoisotopic (exact) mass is 373 g/mol. The molecular formula is C22H23N5O. The van der Waals surface area contributed by atoms with Gasteiger partial charge in [-0.2, -0.15) is 10.2 Å². The number of benzene rings is 2. The number of rotatable bonds is 7. The highest BCUT2D eigenvalue weighted by Gasteiger charge is 2.08. The first-order valence-electron chi connectivity index (χ1n) is 9.46. The van der Waals surface area contributed by atoms with E-state index < -0.39 is 0 Å². The third kappa shape index (κ3) is 4.28. The lowest BCUT2D eigenvalue weighted by atomic mass is 10.1. The van der Waals surface area contributed by atoms with Crippen molar-refractivity contribution in [3.05, 3.63) is 78.2 Å². The molecule has 2 heterocycles. The molecule has 0 aliphatic heterocycles. The fourth-order valence-corrected chi connectivity index (χ4v) is 3.23. The summed E-state index contributed by atoms with van der Waals surface area (Å²) in [6.45, 7) is 3.37. The molecule has 1 N–H and O–H groups in total. The minimum Gasteiger partial charge on any atom is -0.323 e. The topological polar surface area (TPSA) is 64.7 Å². The van der Waals surface area contributed by atoms with Crippen molar-refractivity contribution in [3.8, 4) is 0 Å². The number of aryl methyl sites for hydroxylation is 4. The Morgan fingerprint density at radius 1 is 1.04 bits per heavy atom. The first-order valence-corrected chi connectivity index (χ1v) is 9.46. The second-order valence-corrected chi connectivity index (χ2v) is 6.96. The summed E-state index contributed by atoms with van der Waals surface area (Å²) in [4.78, 5) is 12.3. The lowest BCUT2D eigenvalue weighted by Gasteiger charge is -2.05. The molecular weight excluding hydrogens is 350 g/mol. The SMILES string of the molecule is Cc1ccc2cnn(CCC(=O)Nc3cnn(CCc4ccccc4)c3)c2c1. The van der Waals surface area contributed by atoms with Crippen molar-refractivity contribution in [2.24, 2.45) is 0 Å². The maximum atomic E-state index is 12.3. The minimum absolute atomic E-state index is 0.0427. The lowest BCUT2D eigenvalue weighted by molar-refractivity contribution is -0.116. The number of carbonyl (C=O) groups is 1. The van der Waals surface area contributed by atoms with E-state index in [0.717, 1.165) is 29.6 Å². The predicted octanol–water partition coefficient (Wildman–Crippen LogP) is 3.81. The maximum absolute atomic E-state index is 12.3. The van der Waals surface area contributed by atoms with E-state index in [0.29, 0.717) is 13.0 Å². The molecule has 0 unspecified atom stereocenters. The normalized spacial score (nSPS) is 11.0. The maximum Gasteiger partial charge on any atom is 0.226 e. The van der Waals surface area contributed by atoms with Crippen LogP contribution in [0.1, 0.15) is 17.5 Å². The summed E-state index contributed by atoms with van der Waals surface area (Å²) in [5.41, 5.74) is 4.23. The zero-order valence-corrected chi connectivity index (χ0v) is 15.9. The Balaban J connectivity index is 1.30. The zero-order valence-electron chi connectivity index (χ0n) is 15.9. The van der Waals surface area contributed by atoms with E-state index in [4.69, 9.17) is 0 Å². The summed E-state index contributed by atoms with van der Waals surface area (Å²) in [6.07, 6.45) is 6.66. The van der Waals surface area contributed by atoms with Gasteiger partial charge in [0.2, 0.25) is 5.91 Å². The number of hydrogen-bond acceptors (Lipinski definition) is 3. The smallest absolute Gasteiger partial charge is 0.226 e. The van der Waals surface area contributed by atoms with Gasteiger partial charge in [-0.1, -0.05) is 42.5 Å². The summed E-state index contributed by atoms with van der Waals surface area (Å²) in [5.74, 6) is -0.0427. The zero-order chi connectivity index (χ0) is 19.3. The van der Waals surface area contributed by atoms with Gasteiger partial charge in [-0.15, -0.1) is 0 Å². The molecule has 6 heteroatoms. The minimum atomic E-state index is -0.0427. The van der Waals surface area contributed by atoms with Crippen molar-refractivity contribution in [3.63, 3.8) is 0 Å². The lowest BCUT2D eigenvalue weighted by Crippen LogP contribution is -2.14. The molecule has 0 saturated carbocycles. The van der Waals surface area contributed by atoms with Crippen molar-refractivity contribution in [2.75, 3.05) is 5.32 Å². The van der Waals surface area contributed by atoms with Crippen molar-refractivity contribution in [1.82, 2.24) is 19.6 Å². The molecule has 1 amide bonds. The Bertz CT molecular complexity index is 1080. The van der Waals surface area contributed by atoms with E-state index in [9.17, 15) is 4.79 Å². The number of nitrogens with one attached hydrogen (secondary N) is 1. The Labute approximate surface area is 163 Å². The number of carbonyl (C=O) groups excluding carboxylic acids is 1. The molecule has 0 aliphatic rings. The summed E-state index contributed by atoms with van der Waals surface area (Å²) >= 11 is 0. The van der Waals surface area contributed by atoms with E-state index in [1.165, 1.54) is 11.1 Å². The number of fused-ring (bicyclic) bond motifs is 1. The largest absolute Gasteiger partial charge is 0.323 e. The fourth-order valence-electron chi connectivity index (χ4n) is 3.23. The second-order valence-electron chi connectivity index (χ2n) is 6.96. The molecule has 0 radical (unpaired) electrons. The third-order valence-corrected chi connectivity index (χ3v) is 4.74. The highest BCUT2D eigenvalue weighted by atomic mass is 16.1. The standard InChI is InChI=1S/C22H23N5O/c1-17-7-8-19-14-24-27(21(19)13-17)12-10-22(28)25-20-15-23-26(16-20)11-9-18-5-3-2-4-6-18/h2-8,13-16H,9-12H2,1H3,(H,25,28). The van der Waals surface area contributed by atoms with Gasteiger partial charge >= 0.3 is 0 Å². The number of amides is 1. The molecule has 6 nitrogen and oxygen atoms in total. The molecule has 0 atom stereocenters. The third-order valence-electron chi connectivity index (χ3n) is 4.74. The fraction of sp³-hybridized carbons (Fsp3) is 0.227. The van der Waals surface area contributed by atoms with Crippen LogP contribution in [0.25, 0.3) is 10.9 Å². The van der Waals surface area contributed by atoms with Crippen LogP contribution < -0.4 is 5.32 Å². The molecule has 2 aromatic carbocycles. The highest BCUT2D eigenvalue weighted by molar-refractivity contribution is 5.90. The molecule has 4 aromatic rings. The number of nitrogens with zero attached hydrogens (tertiary/aromatic N) is 4. The molecule has 0 bridgehead atoms. The Kier molecular flexibility index (Phi) is 5.19. The summed E-state index contributed by atoms with van der Waals surface area (Å²) in [5, 5.41) is 12.7. The van der Waals surface area contributed by atoms with Crippen LogP contribution in [0, 0.1) is 6.92 Å². The summed E-state index contributed by atoms with van der Waals surface area (Å²) in [7, 11) is 0. The molecule has 4 rings (SSSR count). The van der Waals surface area contributed by atoms with Crippen molar-refractivity contribution < 1.29 is 4.79 Å². The van der Waals surface area contributed by atoms with Crippen LogP contribution >= 0.6 is 0 Å². The van der Waals surface area contributed by atoms with Gasteiger partial charge in [0.25, 0.3) is 0 Å². The first kappa shape index (κ1) is 18.0. The summed E-state index contributed by atoms with van der Waals surface area (Å²) in [6, 6.07) is 16.5. The predicted molar refractivity (Wildman–Crippen MR) is 110 cm³/mol. The first-order chi connectivity index (χ1) is 13.7. The number of aromatic nitrogens is 4. The molecule has 2 aromatic heterocycles. The van der Waals surface area contributed by atoms with Crippen LogP contribution in [0.2, 0.25) is 0 Å². The summed E-state index contributed by atoms with van der Waals surface area (Å²) < 4.78 is 3.73.